The number of fused-ring (bicyclic) bond motifs is 1. The van der Waals surface area contributed by atoms with E-state index in [4.69, 9.17) is 5.26 Å². The van der Waals surface area contributed by atoms with E-state index in [0.29, 0.717) is 35.8 Å². The Morgan fingerprint density at radius 3 is 2.77 bits per heavy atom. The number of rotatable bonds is 4. The highest BCUT2D eigenvalue weighted by molar-refractivity contribution is 5.89. The zero-order valence-electron chi connectivity index (χ0n) is 12.5. The van der Waals surface area contributed by atoms with E-state index in [0.717, 1.165) is 5.39 Å². The van der Waals surface area contributed by atoms with Crippen molar-refractivity contribution >= 4 is 22.7 Å². The second kappa shape index (κ2) is 5.73. The lowest BCUT2D eigenvalue weighted by Gasteiger charge is -2.31. The number of anilines is 2. The maximum absolute atomic E-state index is 9.34. The van der Waals surface area contributed by atoms with Gasteiger partial charge in [0.05, 0.1) is 6.10 Å². The van der Waals surface area contributed by atoms with Crippen LogP contribution in [0.1, 0.15) is 32.4 Å². The zero-order valence-corrected chi connectivity index (χ0v) is 12.5. The smallest absolute Gasteiger partial charge is 0.223 e. The summed E-state index contributed by atoms with van der Waals surface area (Å²) in [6, 6.07) is 4.12. The Bertz CT molecular complexity index is 733. The minimum absolute atomic E-state index is 0.179. The lowest BCUT2D eigenvalue weighted by Crippen LogP contribution is -2.39. The zero-order chi connectivity index (χ0) is 15.7. The van der Waals surface area contributed by atoms with Crippen molar-refractivity contribution in [1.82, 2.24) is 15.0 Å². The molecule has 2 aromatic heterocycles. The molecular formula is C15H18N6O. The Kier molecular flexibility index (Phi) is 3.77. The van der Waals surface area contributed by atoms with Gasteiger partial charge in [-0.3, -0.25) is 0 Å². The number of aromatic nitrogens is 3. The van der Waals surface area contributed by atoms with Crippen molar-refractivity contribution in [3.8, 4) is 6.07 Å². The van der Waals surface area contributed by atoms with Crippen LogP contribution in [0.2, 0.25) is 0 Å². The lowest BCUT2D eigenvalue weighted by atomic mass is 9.90. The van der Waals surface area contributed by atoms with E-state index in [9.17, 15) is 5.11 Å². The van der Waals surface area contributed by atoms with Crippen LogP contribution < -0.4 is 10.6 Å². The van der Waals surface area contributed by atoms with Crippen molar-refractivity contribution in [2.45, 2.75) is 44.9 Å². The third-order valence-corrected chi connectivity index (χ3v) is 3.55. The third kappa shape index (κ3) is 2.92. The molecule has 2 heterocycles. The molecule has 22 heavy (non-hydrogen) atoms. The van der Waals surface area contributed by atoms with Crippen LogP contribution in [0.4, 0.5) is 11.8 Å². The molecule has 1 aliphatic rings. The maximum atomic E-state index is 9.34. The molecule has 7 heteroatoms. The molecule has 0 aliphatic heterocycles. The van der Waals surface area contributed by atoms with Crippen molar-refractivity contribution in [2.24, 2.45) is 0 Å². The van der Waals surface area contributed by atoms with Crippen LogP contribution in [-0.4, -0.2) is 38.2 Å². The normalized spacial score (nSPS) is 20.5. The number of nitrogens with one attached hydrogen (secondary N) is 2. The van der Waals surface area contributed by atoms with Gasteiger partial charge >= 0.3 is 0 Å². The number of aliphatic hydroxyl groups is 1. The Labute approximate surface area is 128 Å². The molecule has 0 aromatic carbocycles. The molecule has 1 saturated carbocycles. The van der Waals surface area contributed by atoms with E-state index in [-0.39, 0.29) is 18.2 Å². The predicted octanol–water partition coefficient (Wildman–Crippen LogP) is 1.65. The van der Waals surface area contributed by atoms with Gasteiger partial charge in [0.25, 0.3) is 0 Å². The summed E-state index contributed by atoms with van der Waals surface area (Å²) >= 11 is 0. The third-order valence-electron chi connectivity index (χ3n) is 3.55. The second-order valence-corrected chi connectivity index (χ2v) is 5.86. The van der Waals surface area contributed by atoms with E-state index < -0.39 is 0 Å². The van der Waals surface area contributed by atoms with Crippen molar-refractivity contribution in [3.63, 3.8) is 0 Å². The minimum atomic E-state index is -0.226. The number of pyridine rings is 1. The maximum Gasteiger partial charge on any atom is 0.223 e. The molecule has 0 saturated heterocycles. The fourth-order valence-electron chi connectivity index (χ4n) is 2.43. The molecule has 0 radical (unpaired) electrons. The number of nitrogens with zero attached hydrogens (tertiary/aromatic N) is 4. The van der Waals surface area contributed by atoms with Gasteiger partial charge in [0.15, 0.2) is 5.82 Å². The van der Waals surface area contributed by atoms with Gasteiger partial charge in [-0.1, -0.05) is 0 Å². The first-order valence-electron chi connectivity index (χ1n) is 7.34. The molecule has 3 N–H and O–H groups in total. The summed E-state index contributed by atoms with van der Waals surface area (Å²) < 4.78 is 0. The summed E-state index contributed by atoms with van der Waals surface area (Å²) in [4.78, 5) is 13.1. The summed E-state index contributed by atoms with van der Waals surface area (Å²) in [5.74, 6) is 1.10. The van der Waals surface area contributed by atoms with Gasteiger partial charge in [-0.2, -0.15) is 5.26 Å². The molecule has 0 bridgehead atoms. The molecule has 7 nitrogen and oxygen atoms in total. The van der Waals surface area contributed by atoms with Crippen molar-refractivity contribution in [1.29, 1.82) is 5.26 Å². The van der Waals surface area contributed by atoms with E-state index in [1.807, 2.05) is 13.8 Å². The van der Waals surface area contributed by atoms with Gasteiger partial charge in [-0.15, -0.1) is 0 Å². The summed E-state index contributed by atoms with van der Waals surface area (Å²) in [5.41, 5.74) is 1.02. The standard InChI is InChI=1S/C15H18N6O/c1-8(2)18-14-13-9(3-11(6-16)19-14)7-17-15(21-13)20-10-4-12(22)5-10/h3,7-8,10,12,22H,4-5H2,1-2H3,(H,18,19)(H,17,20,21)/t10-,12-. The summed E-state index contributed by atoms with van der Waals surface area (Å²) in [6.45, 7) is 4.01. The highest BCUT2D eigenvalue weighted by Crippen LogP contribution is 2.25. The van der Waals surface area contributed by atoms with Crippen LogP contribution in [0.5, 0.6) is 0 Å². The number of hydrogen-bond acceptors (Lipinski definition) is 7. The monoisotopic (exact) mass is 298 g/mol. The molecule has 0 spiro atoms. The first-order chi connectivity index (χ1) is 10.5. The Balaban J connectivity index is 1.96. The van der Waals surface area contributed by atoms with E-state index in [1.54, 1.807) is 12.3 Å². The van der Waals surface area contributed by atoms with Gasteiger partial charge in [-0.05, 0) is 32.8 Å². The molecule has 1 fully saturated rings. The first kappa shape index (κ1) is 14.5. The van der Waals surface area contributed by atoms with E-state index >= 15 is 0 Å². The lowest BCUT2D eigenvalue weighted by molar-refractivity contribution is 0.0834. The summed E-state index contributed by atoms with van der Waals surface area (Å²) in [7, 11) is 0. The fraction of sp³-hybridized carbons (Fsp3) is 0.467. The van der Waals surface area contributed by atoms with Crippen LogP contribution in [0.3, 0.4) is 0 Å². The molecule has 0 atom stereocenters. The minimum Gasteiger partial charge on any atom is -0.393 e. The number of nitriles is 1. The molecular weight excluding hydrogens is 280 g/mol. The van der Waals surface area contributed by atoms with Crippen molar-refractivity contribution in [3.05, 3.63) is 18.0 Å². The van der Waals surface area contributed by atoms with Crippen LogP contribution in [-0.2, 0) is 0 Å². The summed E-state index contributed by atoms with van der Waals surface area (Å²) in [5, 5.41) is 25.6. The van der Waals surface area contributed by atoms with Gasteiger partial charge < -0.3 is 15.7 Å². The van der Waals surface area contributed by atoms with Gasteiger partial charge in [0.1, 0.15) is 17.3 Å². The van der Waals surface area contributed by atoms with Crippen LogP contribution in [0.25, 0.3) is 10.9 Å². The molecule has 0 amide bonds. The molecule has 114 valence electrons. The number of aliphatic hydroxyl groups excluding tert-OH is 1. The quantitative estimate of drug-likeness (QED) is 0.787. The molecule has 3 rings (SSSR count). The fourth-order valence-corrected chi connectivity index (χ4v) is 2.43. The Morgan fingerprint density at radius 1 is 1.36 bits per heavy atom. The number of hydrogen-bond donors (Lipinski definition) is 3. The summed E-state index contributed by atoms with van der Waals surface area (Å²) in [6.07, 6.45) is 2.89. The van der Waals surface area contributed by atoms with Gasteiger partial charge in [0, 0.05) is 23.7 Å². The molecule has 0 unspecified atom stereocenters. The molecule has 2 aromatic rings. The van der Waals surface area contributed by atoms with Crippen molar-refractivity contribution in [2.75, 3.05) is 10.6 Å². The topological polar surface area (TPSA) is 107 Å². The molecule has 1 aliphatic carbocycles. The second-order valence-electron chi connectivity index (χ2n) is 5.86. The van der Waals surface area contributed by atoms with Crippen LogP contribution in [0.15, 0.2) is 12.3 Å². The van der Waals surface area contributed by atoms with Crippen LogP contribution in [0, 0.1) is 11.3 Å². The Morgan fingerprint density at radius 2 is 2.14 bits per heavy atom. The van der Waals surface area contributed by atoms with Gasteiger partial charge in [-0.25, -0.2) is 15.0 Å². The average molecular weight is 298 g/mol. The van der Waals surface area contributed by atoms with Crippen LogP contribution >= 0.6 is 0 Å². The highest BCUT2D eigenvalue weighted by Gasteiger charge is 2.27. The SMILES string of the molecule is CC(C)Nc1nc(C#N)cc2cnc(N[C@H]3C[C@H](O)C3)nc12. The van der Waals surface area contributed by atoms with Gasteiger partial charge in [0.2, 0.25) is 5.95 Å². The largest absolute Gasteiger partial charge is 0.393 e. The van der Waals surface area contributed by atoms with E-state index in [1.165, 1.54) is 0 Å². The first-order valence-corrected chi connectivity index (χ1v) is 7.34. The van der Waals surface area contributed by atoms with E-state index in [2.05, 4.69) is 31.7 Å². The van der Waals surface area contributed by atoms with Crippen molar-refractivity contribution < 1.29 is 5.11 Å². The highest BCUT2D eigenvalue weighted by atomic mass is 16.3. The Hall–Kier alpha value is -2.46. The predicted molar refractivity (Wildman–Crippen MR) is 83.5 cm³/mol. The average Bonchev–Trinajstić information content (AvgIpc) is 2.45.